The van der Waals surface area contributed by atoms with Gasteiger partial charge < -0.3 is 10.1 Å². The highest BCUT2D eigenvalue weighted by molar-refractivity contribution is 5.85. The number of aliphatic imine (C=N–C) groups is 1. The first kappa shape index (κ1) is 17.7. The first-order valence-electron chi connectivity index (χ1n) is 7.79. The number of benzene rings is 1. The van der Waals surface area contributed by atoms with Crippen molar-refractivity contribution in [3.8, 4) is 5.69 Å². The minimum Gasteiger partial charge on any atom is -0.444 e. The average Bonchev–Trinajstić information content (AvgIpc) is 2.99. The average molecular weight is 329 g/mol. The molecular weight excluding hydrogens is 306 g/mol. The van der Waals surface area contributed by atoms with Gasteiger partial charge in [0.05, 0.1) is 24.6 Å². The van der Waals surface area contributed by atoms with Crippen molar-refractivity contribution in [2.75, 3.05) is 13.1 Å². The SMILES string of the molecule is Cc1ccc(-n2nccn2)c(/C=N/CCNC(=O)OC(C)(C)C)c1. The minimum atomic E-state index is -0.499. The Morgan fingerprint density at radius 3 is 2.71 bits per heavy atom. The van der Waals surface area contributed by atoms with Crippen molar-refractivity contribution in [1.82, 2.24) is 20.3 Å². The molecule has 1 heterocycles. The van der Waals surface area contributed by atoms with Crippen LogP contribution in [0.25, 0.3) is 5.69 Å². The molecule has 0 atom stereocenters. The lowest BCUT2D eigenvalue weighted by Crippen LogP contribution is -2.33. The van der Waals surface area contributed by atoms with Gasteiger partial charge in [0.2, 0.25) is 0 Å². The molecule has 1 aromatic carbocycles. The van der Waals surface area contributed by atoms with Crippen LogP contribution < -0.4 is 5.32 Å². The molecule has 0 aliphatic heterocycles. The molecule has 1 N–H and O–H groups in total. The van der Waals surface area contributed by atoms with E-state index >= 15 is 0 Å². The van der Waals surface area contributed by atoms with Gasteiger partial charge >= 0.3 is 6.09 Å². The molecule has 0 saturated heterocycles. The predicted molar refractivity (Wildman–Crippen MR) is 92.8 cm³/mol. The van der Waals surface area contributed by atoms with E-state index in [1.807, 2.05) is 45.9 Å². The van der Waals surface area contributed by atoms with Crippen LogP contribution in [-0.2, 0) is 4.74 Å². The van der Waals surface area contributed by atoms with Crippen LogP contribution >= 0.6 is 0 Å². The number of nitrogens with zero attached hydrogens (tertiary/aromatic N) is 4. The van der Waals surface area contributed by atoms with Crippen molar-refractivity contribution in [2.24, 2.45) is 4.99 Å². The number of amides is 1. The summed E-state index contributed by atoms with van der Waals surface area (Å²) in [6.07, 6.45) is 4.59. The number of aromatic nitrogens is 3. The number of carbonyl (C=O) groups is 1. The number of carbonyl (C=O) groups excluding carboxylic acids is 1. The van der Waals surface area contributed by atoms with Crippen LogP contribution in [0.3, 0.4) is 0 Å². The Balaban J connectivity index is 1.93. The smallest absolute Gasteiger partial charge is 0.407 e. The monoisotopic (exact) mass is 329 g/mol. The van der Waals surface area contributed by atoms with Crippen LogP contribution in [0.4, 0.5) is 4.79 Å². The molecule has 0 fully saturated rings. The third-order valence-electron chi connectivity index (χ3n) is 2.96. The molecule has 2 aromatic rings. The van der Waals surface area contributed by atoms with Crippen molar-refractivity contribution >= 4 is 12.3 Å². The van der Waals surface area contributed by atoms with E-state index in [9.17, 15) is 4.79 Å². The maximum atomic E-state index is 11.5. The highest BCUT2D eigenvalue weighted by atomic mass is 16.6. The van der Waals surface area contributed by atoms with Gasteiger partial charge in [0.1, 0.15) is 5.60 Å². The van der Waals surface area contributed by atoms with E-state index in [0.29, 0.717) is 13.1 Å². The van der Waals surface area contributed by atoms with Crippen LogP contribution in [0.15, 0.2) is 35.6 Å². The van der Waals surface area contributed by atoms with Crippen LogP contribution in [0.5, 0.6) is 0 Å². The summed E-state index contributed by atoms with van der Waals surface area (Å²) in [5, 5.41) is 11.0. The second-order valence-electron chi connectivity index (χ2n) is 6.34. The highest BCUT2D eigenvalue weighted by Crippen LogP contribution is 2.13. The van der Waals surface area contributed by atoms with E-state index in [-0.39, 0.29) is 0 Å². The molecule has 0 saturated carbocycles. The molecule has 0 aliphatic rings. The van der Waals surface area contributed by atoms with Crippen molar-refractivity contribution in [3.05, 3.63) is 41.7 Å². The van der Waals surface area contributed by atoms with Crippen LogP contribution in [0, 0.1) is 6.92 Å². The molecule has 1 aromatic heterocycles. The first-order chi connectivity index (χ1) is 11.3. The number of ether oxygens (including phenoxy) is 1. The summed E-state index contributed by atoms with van der Waals surface area (Å²) in [6, 6.07) is 5.97. The van der Waals surface area contributed by atoms with Gasteiger partial charge in [-0.25, -0.2) is 4.79 Å². The maximum Gasteiger partial charge on any atom is 0.407 e. The second kappa shape index (κ2) is 7.72. The number of hydrogen-bond donors (Lipinski definition) is 1. The minimum absolute atomic E-state index is 0.409. The highest BCUT2D eigenvalue weighted by Gasteiger charge is 2.15. The molecular formula is C17H23N5O2. The van der Waals surface area contributed by atoms with Gasteiger partial charge in [-0.1, -0.05) is 11.6 Å². The molecule has 7 heteroatoms. The lowest BCUT2D eigenvalue weighted by Gasteiger charge is -2.19. The van der Waals surface area contributed by atoms with Crippen LogP contribution in [0.2, 0.25) is 0 Å². The summed E-state index contributed by atoms with van der Waals surface area (Å²) >= 11 is 0. The van der Waals surface area contributed by atoms with E-state index in [4.69, 9.17) is 4.74 Å². The molecule has 0 aliphatic carbocycles. The number of rotatable bonds is 5. The van der Waals surface area contributed by atoms with E-state index in [1.54, 1.807) is 23.4 Å². The molecule has 0 unspecified atom stereocenters. The van der Waals surface area contributed by atoms with Crippen LogP contribution in [-0.4, -0.2) is 46.0 Å². The normalized spacial score (nSPS) is 11.7. The molecule has 0 bridgehead atoms. The fourth-order valence-corrected chi connectivity index (χ4v) is 2.00. The zero-order chi connectivity index (χ0) is 17.6. The summed E-state index contributed by atoms with van der Waals surface area (Å²) in [7, 11) is 0. The Bertz CT molecular complexity index is 702. The fraction of sp³-hybridized carbons (Fsp3) is 0.412. The Labute approximate surface area is 141 Å². The Hall–Kier alpha value is -2.70. The Morgan fingerprint density at radius 1 is 1.33 bits per heavy atom. The van der Waals surface area contributed by atoms with Gasteiger partial charge in [-0.2, -0.15) is 15.0 Å². The second-order valence-corrected chi connectivity index (χ2v) is 6.34. The molecule has 24 heavy (non-hydrogen) atoms. The van der Waals surface area contributed by atoms with Gasteiger partial charge in [-0.15, -0.1) is 0 Å². The molecule has 128 valence electrons. The number of nitrogens with one attached hydrogen (secondary N) is 1. The quantitative estimate of drug-likeness (QED) is 0.675. The molecule has 1 amide bonds. The van der Waals surface area contributed by atoms with Crippen molar-refractivity contribution in [1.29, 1.82) is 0 Å². The molecule has 7 nitrogen and oxygen atoms in total. The molecule has 2 rings (SSSR count). The third kappa shape index (κ3) is 5.49. The number of alkyl carbamates (subject to hydrolysis) is 1. The van der Waals surface area contributed by atoms with Gasteiger partial charge in [-0.3, -0.25) is 4.99 Å². The van der Waals surface area contributed by atoms with Gasteiger partial charge in [0.25, 0.3) is 0 Å². The zero-order valence-corrected chi connectivity index (χ0v) is 14.5. The lowest BCUT2D eigenvalue weighted by molar-refractivity contribution is 0.0529. The summed E-state index contributed by atoms with van der Waals surface area (Å²) in [6.45, 7) is 8.36. The van der Waals surface area contributed by atoms with E-state index < -0.39 is 11.7 Å². The largest absolute Gasteiger partial charge is 0.444 e. The summed E-state index contributed by atoms with van der Waals surface area (Å²) in [5.41, 5.74) is 2.40. The zero-order valence-electron chi connectivity index (χ0n) is 14.5. The Morgan fingerprint density at radius 2 is 2.04 bits per heavy atom. The number of aryl methyl sites for hydroxylation is 1. The van der Waals surface area contributed by atoms with E-state index in [2.05, 4.69) is 20.5 Å². The van der Waals surface area contributed by atoms with Crippen molar-refractivity contribution in [2.45, 2.75) is 33.3 Å². The van der Waals surface area contributed by atoms with E-state index in [0.717, 1.165) is 16.8 Å². The summed E-state index contributed by atoms with van der Waals surface area (Å²) in [5.74, 6) is 0. The third-order valence-corrected chi connectivity index (χ3v) is 2.96. The predicted octanol–water partition coefficient (Wildman–Crippen LogP) is 2.52. The number of hydrogen-bond acceptors (Lipinski definition) is 5. The lowest BCUT2D eigenvalue weighted by atomic mass is 10.1. The summed E-state index contributed by atoms with van der Waals surface area (Å²) < 4.78 is 5.16. The van der Waals surface area contributed by atoms with E-state index in [1.165, 1.54) is 0 Å². The fourth-order valence-electron chi connectivity index (χ4n) is 2.00. The van der Waals surface area contributed by atoms with Crippen molar-refractivity contribution < 1.29 is 9.53 Å². The molecule has 0 spiro atoms. The van der Waals surface area contributed by atoms with Crippen molar-refractivity contribution in [3.63, 3.8) is 0 Å². The topological polar surface area (TPSA) is 81.4 Å². The standard InChI is InChI=1S/C17H23N5O2/c1-13-5-6-15(22-20-9-10-21-22)14(11-13)12-18-7-8-19-16(23)24-17(2,3)4/h5-6,9-12H,7-8H2,1-4H3,(H,19,23)/b18-12+. The van der Waals surface area contributed by atoms with Crippen LogP contribution in [0.1, 0.15) is 31.9 Å². The van der Waals surface area contributed by atoms with Gasteiger partial charge in [0.15, 0.2) is 0 Å². The first-order valence-corrected chi connectivity index (χ1v) is 7.79. The van der Waals surface area contributed by atoms with Gasteiger partial charge in [0, 0.05) is 18.3 Å². The Kier molecular flexibility index (Phi) is 5.68. The van der Waals surface area contributed by atoms with Gasteiger partial charge in [-0.05, 0) is 39.8 Å². The molecule has 0 radical (unpaired) electrons. The maximum absolute atomic E-state index is 11.5. The summed E-state index contributed by atoms with van der Waals surface area (Å²) in [4.78, 5) is 17.5.